The van der Waals surface area contributed by atoms with E-state index >= 15 is 0 Å². The van der Waals surface area contributed by atoms with Gasteiger partial charge in [0.15, 0.2) is 0 Å². The fourth-order valence-corrected chi connectivity index (χ4v) is 0.963. The lowest BCUT2D eigenvalue weighted by Crippen LogP contribution is -1.85. The van der Waals surface area contributed by atoms with Crippen molar-refractivity contribution in [1.82, 2.24) is 0 Å². The van der Waals surface area contributed by atoms with Gasteiger partial charge in [-0.3, -0.25) is 0 Å². The quantitative estimate of drug-likeness (QED) is 0.583. The molecule has 54 valence electrons. The van der Waals surface area contributed by atoms with Crippen LogP contribution in [0.2, 0.25) is 0 Å². The van der Waals surface area contributed by atoms with Gasteiger partial charge in [0.2, 0.25) is 0 Å². The number of nitrogens with zero attached hydrogens (tertiary/aromatic N) is 1. The summed E-state index contributed by atoms with van der Waals surface area (Å²) in [6.07, 6.45) is 2.57. The van der Waals surface area contributed by atoms with Gasteiger partial charge in [-0.2, -0.15) is 5.26 Å². The summed E-state index contributed by atoms with van der Waals surface area (Å²) in [6, 6.07) is 9.69. The third-order valence-corrected chi connectivity index (χ3v) is 1.50. The van der Waals surface area contributed by atoms with Crippen molar-refractivity contribution >= 4 is 0 Å². The number of hydrogen-bond donors (Lipinski definition) is 0. The lowest BCUT2D eigenvalue weighted by Gasteiger charge is -1.97. The zero-order chi connectivity index (χ0) is 8.10. The summed E-state index contributed by atoms with van der Waals surface area (Å²) in [4.78, 5) is 0. The molecular formula is C10H9N. The summed E-state index contributed by atoms with van der Waals surface area (Å²) in [5, 5.41) is 8.66. The molecule has 0 aromatic heterocycles. The summed E-state index contributed by atoms with van der Waals surface area (Å²) < 4.78 is 0. The minimum Gasteiger partial charge on any atom is -0.192 e. The van der Waals surface area contributed by atoms with Gasteiger partial charge in [0.1, 0.15) is 0 Å². The summed E-state index contributed by atoms with van der Waals surface area (Å²) in [6.45, 7) is 3.62. The molecule has 0 amide bonds. The van der Waals surface area contributed by atoms with E-state index in [-0.39, 0.29) is 0 Å². The van der Waals surface area contributed by atoms with Crippen molar-refractivity contribution < 1.29 is 0 Å². The second-order valence-electron chi connectivity index (χ2n) is 2.26. The first-order valence-electron chi connectivity index (χ1n) is 3.47. The molecule has 0 N–H and O–H groups in total. The van der Waals surface area contributed by atoms with Gasteiger partial charge in [0.25, 0.3) is 0 Å². The molecule has 0 aliphatic heterocycles. The van der Waals surface area contributed by atoms with Gasteiger partial charge in [-0.25, -0.2) is 0 Å². The monoisotopic (exact) mass is 143 g/mol. The van der Waals surface area contributed by atoms with Crippen molar-refractivity contribution in [3.63, 3.8) is 0 Å². The second-order valence-corrected chi connectivity index (χ2v) is 2.26. The number of benzene rings is 1. The molecule has 0 heterocycles. The fourth-order valence-electron chi connectivity index (χ4n) is 0.963. The first kappa shape index (κ1) is 7.56. The van der Waals surface area contributed by atoms with Crippen LogP contribution in [0.25, 0.3) is 0 Å². The van der Waals surface area contributed by atoms with Crippen LogP contribution in [0.4, 0.5) is 0 Å². The Morgan fingerprint density at radius 1 is 1.45 bits per heavy atom. The number of rotatable bonds is 2. The molecule has 1 nitrogen and oxygen atoms in total. The Labute approximate surface area is 66.6 Å². The summed E-state index contributed by atoms with van der Waals surface area (Å²) >= 11 is 0. The fraction of sp³-hybridized carbons (Fsp3) is 0.100. The van der Waals surface area contributed by atoms with Crippen LogP contribution in [-0.4, -0.2) is 0 Å². The molecule has 0 saturated carbocycles. The minimum atomic E-state index is 0.743. The molecule has 0 radical (unpaired) electrons. The van der Waals surface area contributed by atoms with Crippen LogP contribution in [0.3, 0.4) is 0 Å². The molecule has 1 heteroatoms. The van der Waals surface area contributed by atoms with Gasteiger partial charge in [0.05, 0.1) is 11.6 Å². The maximum absolute atomic E-state index is 8.66. The Hall–Kier alpha value is -1.55. The van der Waals surface area contributed by atoms with E-state index in [1.807, 2.05) is 24.3 Å². The Morgan fingerprint density at radius 2 is 2.18 bits per heavy atom. The molecule has 1 aromatic rings. The zero-order valence-electron chi connectivity index (χ0n) is 6.25. The Balaban J connectivity index is 3.04. The molecule has 0 fully saturated rings. The van der Waals surface area contributed by atoms with E-state index in [0.717, 1.165) is 17.5 Å². The molecule has 0 spiro atoms. The molecule has 0 atom stereocenters. The van der Waals surface area contributed by atoms with Gasteiger partial charge in [-0.1, -0.05) is 24.3 Å². The van der Waals surface area contributed by atoms with Gasteiger partial charge in [0, 0.05) is 0 Å². The molecule has 0 saturated heterocycles. The van der Waals surface area contributed by atoms with Crippen LogP contribution >= 0.6 is 0 Å². The smallest absolute Gasteiger partial charge is 0.0994 e. The largest absolute Gasteiger partial charge is 0.192 e. The summed E-state index contributed by atoms with van der Waals surface area (Å²) in [5.74, 6) is 0. The van der Waals surface area contributed by atoms with Gasteiger partial charge >= 0.3 is 0 Å². The minimum absolute atomic E-state index is 0.743. The van der Waals surface area contributed by atoms with Gasteiger partial charge < -0.3 is 0 Å². The van der Waals surface area contributed by atoms with Crippen LogP contribution < -0.4 is 0 Å². The van der Waals surface area contributed by atoms with E-state index in [1.165, 1.54) is 0 Å². The lowest BCUT2D eigenvalue weighted by atomic mass is 10.1. The predicted octanol–water partition coefficient (Wildman–Crippen LogP) is 2.29. The van der Waals surface area contributed by atoms with Gasteiger partial charge in [-0.15, -0.1) is 6.58 Å². The molecule has 0 aliphatic rings. The van der Waals surface area contributed by atoms with Crippen molar-refractivity contribution in [2.75, 3.05) is 0 Å². The highest BCUT2D eigenvalue weighted by Gasteiger charge is 1.95. The molecule has 0 aliphatic carbocycles. The lowest BCUT2D eigenvalue weighted by molar-refractivity contribution is 1.25. The second kappa shape index (κ2) is 3.58. The highest BCUT2D eigenvalue weighted by molar-refractivity contribution is 5.38. The SMILES string of the molecule is C=CCc1ccccc1C#N. The van der Waals surface area contributed by atoms with Crippen molar-refractivity contribution in [3.05, 3.63) is 48.0 Å². The van der Waals surface area contributed by atoms with Crippen molar-refractivity contribution in [2.24, 2.45) is 0 Å². The summed E-state index contributed by atoms with van der Waals surface area (Å²) in [7, 11) is 0. The molecule has 1 aromatic carbocycles. The van der Waals surface area contributed by atoms with E-state index in [0.29, 0.717) is 0 Å². The van der Waals surface area contributed by atoms with Gasteiger partial charge in [-0.05, 0) is 18.1 Å². The molecule has 1 rings (SSSR count). The van der Waals surface area contributed by atoms with Crippen LogP contribution in [-0.2, 0) is 6.42 Å². The van der Waals surface area contributed by atoms with Crippen LogP contribution in [0.5, 0.6) is 0 Å². The highest BCUT2D eigenvalue weighted by atomic mass is 14.2. The topological polar surface area (TPSA) is 23.8 Å². The Bertz CT molecular complexity index is 294. The van der Waals surface area contributed by atoms with Crippen molar-refractivity contribution in [2.45, 2.75) is 6.42 Å². The molecule has 0 unspecified atom stereocenters. The predicted molar refractivity (Wildman–Crippen MR) is 45.1 cm³/mol. The standard InChI is InChI=1S/C10H9N/c1-2-5-9-6-3-4-7-10(9)8-11/h2-4,6-7H,1,5H2. The van der Waals surface area contributed by atoms with Crippen LogP contribution in [0.15, 0.2) is 36.9 Å². The maximum Gasteiger partial charge on any atom is 0.0994 e. The summed E-state index contributed by atoms with van der Waals surface area (Å²) in [5.41, 5.74) is 1.79. The van der Waals surface area contributed by atoms with Crippen molar-refractivity contribution in [3.8, 4) is 6.07 Å². The molecule has 11 heavy (non-hydrogen) atoms. The van der Waals surface area contributed by atoms with E-state index in [1.54, 1.807) is 6.08 Å². The average Bonchev–Trinajstić information content (AvgIpc) is 2.06. The maximum atomic E-state index is 8.66. The highest BCUT2D eigenvalue weighted by Crippen LogP contribution is 2.07. The van der Waals surface area contributed by atoms with E-state index < -0.39 is 0 Å². The Kier molecular flexibility index (Phi) is 2.46. The molecular weight excluding hydrogens is 134 g/mol. The normalized spacial score (nSPS) is 8.64. The first-order valence-corrected chi connectivity index (χ1v) is 3.47. The van der Waals surface area contributed by atoms with E-state index in [9.17, 15) is 0 Å². The Morgan fingerprint density at radius 3 is 2.82 bits per heavy atom. The zero-order valence-corrected chi connectivity index (χ0v) is 6.25. The average molecular weight is 143 g/mol. The third kappa shape index (κ3) is 1.68. The van der Waals surface area contributed by atoms with Crippen LogP contribution in [0, 0.1) is 11.3 Å². The third-order valence-electron chi connectivity index (χ3n) is 1.50. The number of allylic oxidation sites excluding steroid dienone is 1. The van der Waals surface area contributed by atoms with E-state index in [4.69, 9.17) is 5.26 Å². The van der Waals surface area contributed by atoms with Crippen LogP contribution in [0.1, 0.15) is 11.1 Å². The number of hydrogen-bond acceptors (Lipinski definition) is 1. The molecule has 0 bridgehead atoms. The number of nitriles is 1. The first-order chi connectivity index (χ1) is 5.38. The van der Waals surface area contributed by atoms with Crippen molar-refractivity contribution in [1.29, 1.82) is 5.26 Å². The van der Waals surface area contributed by atoms with E-state index in [2.05, 4.69) is 12.6 Å².